The lowest BCUT2D eigenvalue weighted by Crippen LogP contribution is -2.28. The summed E-state index contributed by atoms with van der Waals surface area (Å²) in [7, 11) is 0. The summed E-state index contributed by atoms with van der Waals surface area (Å²) in [6, 6.07) is 7.97. The smallest absolute Gasteiger partial charge is 0.227 e. The highest BCUT2D eigenvalue weighted by Gasteiger charge is 2.25. The number of imidazole rings is 1. The third-order valence-electron chi connectivity index (χ3n) is 5.48. The number of aromatic nitrogens is 2. The monoisotopic (exact) mass is 339 g/mol. The van der Waals surface area contributed by atoms with Crippen LogP contribution in [0.5, 0.6) is 0 Å². The molecule has 0 saturated heterocycles. The first-order valence-electron chi connectivity index (χ1n) is 9.34. The number of anilines is 1. The van der Waals surface area contributed by atoms with Gasteiger partial charge in [-0.05, 0) is 69.2 Å². The van der Waals surface area contributed by atoms with Crippen LogP contribution in [0.3, 0.4) is 0 Å². The van der Waals surface area contributed by atoms with E-state index in [1.54, 1.807) is 0 Å². The predicted octanol–water partition coefficient (Wildman–Crippen LogP) is 3.38. The van der Waals surface area contributed by atoms with Crippen LogP contribution in [0.2, 0.25) is 0 Å². The van der Waals surface area contributed by atoms with Gasteiger partial charge in [0.25, 0.3) is 0 Å². The molecule has 1 aromatic carbocycles. The molecule has 25 heavy (non-hydrogen) atoms. The van der Waals surface area contributed by atoms with E-state index < -0.39 is 0 Å². The second-order valence-corrected chi connectivity index (χ2v) is 7.25. The van der Waals surface area contributed by atoms with E-state index in [4.69, 9.17) is 0 Å². The number of aliphatic hydroxyl groups is 1. The van der Waals surface area contributed by atoms with Crippen LogP contribution >= 0.6 is 0 Å². The quantitative estimate of drug-likeness (QED) is 0.901. The maximum Gasteiger partial charge on any atom is 0.227 e. The third kappa shape index (κ3) is 3.47. The van der Waals surface area contributed by atoms with E-state index in [-0.39, 0.29) is 17.9 Å². The molecule has 2 heterocycles. The SMILES string of the molecule is O=C(Nc1ccc(-c2ncc3n2CCCC3)cc1)C1CCC(O)CC1. The minimum Gasteiger partial charge on any atom is -0.393 e. The highest BCUT2D eigenvalue weighted by Crippen LogP contribution is 2.27. The number of benzene rings is 1. The molecule has 2 aliphatic rings. The summed E-state index contributed by atoms with van der Waals surface area (Å²) in [5.41, 5.74) is 3.23. The normalized spacial score (nSPS) is 23.1. The number of hydrogen-bond donors (Lipinski definition) is 2. The number of nitrogens with zero attached hydrogens (tertiary/aromatic N) is 2. The van der Waals surface area contributed by atoms with Crippen molar-refractivity contribution >= 4 is 11.6 Å². The summed E-state index contributed by atoms with van der Waals surface area (Å²) in [4.78, 5) is 17.0. The number of aliphatic hydroxyl groups excluding tert-OH is 1. The van der Waals surface area contributed by atoms with Crippen LogP contribution in [-0.2, 0) is 17.8 Å². The summed E-state index contributed by atoms with van der Waals surface area (Å²) >= 11 is 0. The van der Waals surface area contributed by atoms with Gasteiger partial charge in [-0.15, -0.1) is 0 Å². The van der Waals surface area contributed by atoms with Crippen molar-refractivity contribution in [2.24, 2.45) is 5.92 Å². The first-order valence-corrected chi connectivity index (χ1v) is 9.34. The number of carbonyl (C=O) groups excluding carboxylic acids is 1. The highest BCUT2D eigenvalue weighted by molar-refractivity contribution is 5.92. The van der Waals surface area contributed by atoms with Gasteiger partial charge in [0.15, 0.2) is 0 Å². The van der Waals surface area contributed by atoms with E-state index in [0.717, 1.165) is 55.7 Å². The van der Waals surface area contributed by atoms with E-state index >= 15 is 0 Å². The van der Waals surface area contributed by atoms with Crippen LogP contribution in [-0.4, -0.2) is 26.7 Å². The molecule has 0 unspecified atom stereocenters. The molecule has 132 valence electrons. The summed E-state index contributed by atoms with van der Waals surface area (Å²) in [6.07, 6.45) is 8.30. The predicted molar refractivity (Wildman–Crippen MR) is 97.2 cm³/mol. The molecular weight excluding hydrogens is 314 g/mol. The van der Waals surface area contributed by atoms with Gasteiger partial charge in [-0.3, -0.25) is 4.79 Å². The molecule has 1 aromatic heterocycles. The maximum atomic E-state index is 12.4. The number of fused-ring (bicyclic) bond motifs is 1. The molecule has 0 atom stereocenters. The molecule has 0 bridgehead atoms. The Kier molecular flexibility index (Phi) is 4.57. The van der Waals surface area contributed by atoms with E-state index in [2.05, 4.69) is 14.9 Å². The van der Waals surface area contributed by atoms with Gasteiger partial charge in [0.2, 0.25) is 5.91 Å². The zero-order valence-electron chi connectivity index (χ0n) is 14.4. The second-order valence-electron chi connectivity index (χ2n) is 7.25. The van der Waals surface area contributed by atoms with Gasteiger partial charge in [0, 0.05) is 35.6 Å². The summed E-state index contributed by atoms with van der Waals surface area (Å²) in [5, 5.41) is 12.6. The lowest BCUT2D eigenvalue weighted by Gasteiger charge is -2.24. The van der Waals surface area contributed by atoms with Crippen molar-refractivity contribution in [2.45, 2.75) is 57.6 Å². The Hall–Kier alpha value is -2.14. The van der Waals surface area contributed by atoms with Crippen LogP contribution < -0.4 is 5.32 Å². The van der Waals surface area contributed by atoms with Gasteiger partial charge in [-0.1, -0.05) is 0 Å². The lowest BCUT2D eigenvalue weighted by atomic mass is 9.87. The molecule has 5 nitrogen and oxygen atoms in total. The standard InChI is InChI=1S/C20H25N3O2/c24-18-10-6-15(7-11-18)20(25)22-16-8-4-14(5-9-16)19-21-13-17-3-1-2-12-23(17)19/h4-5,8-9,13,15,18,24H,1-3,6-7,10-12H2,(H,22,25). The molecule has 0 radical (unpaired) electrons. The van der Waals surface area contributed by atoms with Gasteiger partial charge >= 0.3 is 0 Å². The van der Waals surface area contributed by atoms with E-state index in [1.807, 2.05) is 30.5 Å². The largest absolute Gasteiger partial charge is 0.393 e. The molecule has 1 aliphatic heterocycles. The molecule has 5 heteroatoms. The van der Waals surface area contributed by atoms with E-state index in [0.29, 0.717) is 0 Å². The van der Waals surface area contributed by atoms with Crippen LogP contribution in [0.4, 0.5) is 5.69 Å². The van der Waals surface area contributed by atoms with Crippen LogP contribution in [0.1, 0.15) is 44.2 Å². The van der Waals surface area contributed by atoms with Gasteiger partial charge < -0.3 is 15.0 Å². The average molecular weight is 339 g/mol. The Morgan fingerprint density at radius 1 is 1.12 bits per heavy atom. The fraction of sp³-hybridized carbons (Fsp3) is 0.500. The van der Waals surface area contributed by atoms with Crippen LogP contribution in [0.25, 0.3) is 11.4 Å². The average Bonchev–Trinajstić information content (AvgIpc) is 3.07. The third-order valence-corrected chi connectivity index (χ3v) is 5.48. The molecular formula is C20H25N3O2. The minimum atomic E-state index is -0.233. The van der Waals surface area contributed by atoms with Gasteiger partial charge in [0.05, 0.1) is 6.10 Å². The molecule has 4 rings (SSSR count). The fourth-order valence-corrected chi connectivity index (χ4v) is 3.95. The molecule has 2 aromatic rings. The molecule has 0 spiro atoms. The molecule has 1 saturated carbocycles. The lowest BCUT2D eigenvalue weighted by molar-refractivity contribution is -0.121. The van der Waals surface area contributed by atoms with Crippen molar-refractivity contribution in [3.63, 3.8) is 0 Å². The Labute approximate surface area is 148 Å². The summed E-state index contributed by atoms with van der Waals surface area (Å²) < 4.78 is 2.31. The minimum absolute atomic E-state index is 0.0161. The fourth-order valence-electron chi connectivity index (χ4n) is 3.95. The molecule has 2 N–H and O–H groups in total. The van der Waals surface area contributed by atoms with Gasteiger partial charge in [0.1, 0.15) is 5.82 Å². The highest BCUT2D eigenvalue weighted by atomic mass is 16.3. The van der Waals surface area contributed by atoms with Crippen molar-refractivity contribution in [2.75, 3.05) is 5.32 Å². The number of rotatable bonds is 3. The maximum absolute atomic E-state index is 12.4. The summed E-state index contributed by atoms with van der Waals surface area (Å²) in [5.74, 6) is 1.11. The van der Waals surface area contributed by atoms with Gasteiger partial charge in [-0.2, -0.15) is 0 Å². The van der Waals surface area contributed by atoms with E-state index in [9.17, 15) is 9.90 Å². The molecule has 1 fully saturated rings. The number of carbonyl (C=O) groups is 1. The van der Waals surface area contributed by atoms with Crippen molar-refractivity contribution < 1.29 is 9.90 Å². The van der Waals surface area contributed by atoms with E-state index in [1.165, 1.54) is 18.5 Å². The molecule has 1 aliphatic carbocycles. The zero-order chi connectivity index (χ0) is 17.2. The number of aryl methyl sites for hydroxylation is 1. The Morgan fingerprint density at radius 2 is 1.88 bits per heavy atom. The van der Waals surface area contributed by atoms with Crippen molar-refractivity contribution in [3.8, 4) is 11.4 Å². The number of hydrogen-bond acceptors (Lipinski definition) is 3. The van der Waals surface area contributed by atoms with Crippen molar-refractivity contribution in [1.29, 1.82) is 0 Å². The second kappa shape index (κ2) is 7.00. The summed E-state index contributed by atoms with van der Waals surface area (Å²) in [6.45, 7) is 1.04. The Bertz CT molecular complexity index is 743. The topological polar surface area (TPSA) is 67.2 Å². The van der Waals surface area contributed by atoms with Gasteiger partial charge in [-0.25, -0.2) is 4.98 Å². The Balaban J connectivity index is 1.44. The Morgan fingerprint density at radius 3 is 2.64 bits per heavy atom. The first-order chi connectivity index (χ1) is 12.2. The van der Waals surface area contributed by atoms with Crippen LogP contribution in [0.15, 0.2) is 30.5 Å². The van der Waals surface area contributed by atoms with Crippen LogP contribution in [0, 0.1) is 5.92 Å². The molecule has 1 amide bonds. The zero-order valence-corrected chi connectivity index (χ0v) is 14.4. The van der Waals surface area contributed by atoms with Crippen molar-refractivity contribution in [1.82, 2.24) is 9.55 Å². The first kappa shape index (κ1) is 16.3. The number of amides is 1. The van der Waals surface area contributed by atoms with Crippen molar-refractivity contribution in [3.05, 3.63) is 36.2 Å². The number of nitrogens with one attached hydrogen (secondary N) is 1.